The molecule has 2 rings (SSSR count). The average molecular weight is 306 g/mol. The van der Waals surface area contributed by atoms with Gasteiger partial charge in [-0.15, -0.1) is 0 Å². The first-order valence-corrected chi connectivity index (χ1v) is 7.50. The topological polar surface area (TPSA) is 27.6 Å². The molecule has 0 saturated heterocycles. The van der Waals surface area contributed by atoms with Gasteiger partial charge in [0, 0.05) is 49.2 Å². The predicted octanol–water partition coefficient (Wildman–Crippen LogP) is 4.17. The van der Waals surface area contributed by atoms with E-state index in [1.54, 1.807) is 7.05 Å². The molecular weight excluding hydrogens is 282 g/mol. The van der Waals surface area contributed by atoms with Gasteiger partial charge >= 0.3 is 0 Å². The minimum Gasteiger partial charge on any atom is -0.381 e. The Balaban J connectivity index is 0.00000106. The molecule has 21 heavy (non-hydrogen) atoms. The van der Waals surface area contributed by atoms with Gasteiger partial charge in [-0.3, -0.25) is 4.99 Å². The Kier molecular flexibility index (Phi) is 6.50. The molecule has 0 aromatic heterocycles. The van der Waals surface area contributed by atoms with E-state index >= 15 is 0 Å². The van der Waals surface area contributed by atoms with Crippen molar-refractivity contribution >= 4 is 23.0 Å². The maximum atomic E-state index is 6.08. The molecule has 0 bridgehead atoms. The first kappa shape index (κ1) is 17.3. The van der Waals surface area contributed by atoms with Crippen molar-refractivity contribution in [1.29, 1.82) is 0 Å². The van der Waals surface area contributed by atoms with Crippen LogP contribution in [0.2, 0.25) is 5.02 Å². The molecule has 0 spiro atoms. The molecule has 1 aromatic rings. The zero-order chi connectivity index (χ0) is 16.0. The summed E-state index contributed by atoms with van der Waals surface area (Å²) in [6.07, 6.45) is 1.98. The Morgan fingerprint density at radius 3 is 2.43 bits per heavy atom. The van der Waals surface area contributed by atoms with Crippen molar-refractivity contribution in [2.45, 2.75) is 20.8 Å². The molecule has 1 N–H and O–H groups in total. The number of nitrogens with zero attached hydrogens (tertiary/aromatic N) is 2. The lowest BCUT2D eigenvalue weighted by Crippen LogP contribution is -2.19. The van der Waals surface area contributed by atoms with E-state index in [4.69, 9.17) is 11.6 Å². The lowest BCUT2D eigenvalue weighted by atomic mass is 9.98. The van der Waals surface area contributed by atoms with Crippen LogP contribution in [-0.2, 0) is 0 Å². The lowest BCUT2D eigenvalue weighted by molar-refractivity contribution is 0.512. The van der Waals surface area contributed by atoms with Crippen molar-refractivity contribution in [3.05, 3.63) is 52.3 Å². The third-order valence-electron chi connectivity index (χ3n) is 3.25. The Morgan fingerprint density at radius 2 is 1.90 bits per heavy atom. The van der Waals surface area contributed by atoms with E-state index in [0.29, 0.717) is 0 Å². The van der Waals surface area contributed by atoms with Crippen molar-refractivity contribution in [3.8, 4) is 0 Å². The third-order valence-corrected chi connectivity index (χ3v) is 3.49. The molecule has 1 heterocycles. The molecule has 0 atom stereocenters. The number of amidine groups is 1. The highest BCUT2D eigenvalue weighted by molar-refractivity contribution is 6.31. The fraction of sp³-hybridized carbons (Fsp3) is 0.353. The second-order valence-corrected chi connectivity index (χ2v) is 5.08. The van der Waals surface area contributed by atoms with E-state index in [1.165, 1.54) is 0 Å². The highest BCUT2D eigenvalue weighted by Crippen LogP contribution is 2.31. The number of benzene rings is 1. The van der Waals surface area contributed by atoms with E-state index in [1.807, 2.05) is 52.3 Å². The molecule has 114 valence electrons. The Morgan fingerprint density at radius 1 is 1.24 bits per heavy atom. The second-order valence-electron chi connectivity index (χ2n) is 4.64. The number of aliphatic imine (C=N–C) groups is 1. The lowest BCUT2D eigenvalue weighted by Gasteiger charge is -2.18. The molecule has 0 saturated carbocycles. The molecule has 0 aliphatic carbocycles. The van der Waals surface area contributed by atoms with Crippen LogP contribution in [0, 0.1) is 0 Å². The maximum Gasteiger partial charge on any atom is 0.134 e. The van der Waals surface area contributed by atoms with Crippen molar-refractivity contribution in [2.75, 3.05) is 21.1 Å². The summed E-state index contributed by atoms with van der Waals surface area (Å²) in [5.74, 6) is 0.890. The fourth-order valence-electron chi connectivity index (χ4n) is 2.06. The zero-order valence-electron chi connectivity index (χ0n) is 13.7. The first-order chi connectivity index (χ1) is 10.0. The number of hydrogen-bond donors (Lipinski definition) is 1. The number of allylic oxidation sites excluding steroid dienone is 1. The molecule has 1 aromatic carbocycles. The monoisotopic (exact) mass is 305 g/mol. The van der Waals surface area contributed by atoms with Gasteiger partial charge in [0.2, 0.25) is 0 Å². The van der Waals surface area contributed by atoms with Crippen LogP contribution in [0.3, 0.4) is 0 Å². The van der Waals surface area contributed by atoms with Crippen molar-refractivity contribution in [3.63, 3.8) is 0 Å². The largest absolute Gasteiger partial charge is 0.381 e. The Labute approximate surface area is 133 Å². The highest BCUT2D eigenvalue weighted by atomic mass is 35.5. The second kappa shape index (κ2) is 7.89. The summed E-state index contributed by atoms with van der Waals surface area (Å²) in [6.45, 7) is 6.09. The molecular formula is C17H24ClN3. The van der Waals surface area contributed by atoms with Crippen LogP contribution in [0.15, 0.2) is 46.7 Å². The summed E-state index contributed by atoms with van der Waals surface area (Å²) in [6, 6.07) is 7.87. The summed E-state index contributed by atoms with van der Waals surface area (Å²) in [4.78, 5) is 6.40. The standard InChI is InChI=1S/C15H18ClN3.C2H6/c1-10(19(3)4)14-13(9-18-15(14)17-2)11-6-5-7-12(16)8-11;1-2/h5-9H,1-4H3,(H,17,18);1-2H3/b14-10+;. The summed E-state index contributed by atoms with van der Waals surface area (Å²) >= 11 is 6.08. The van der Waals surface area contributed by atoms with Gasteiger partial charge in [0.15, 0.2) is 0 Å². The summed E-state index contributed by atoms with van der Waals surface area (Å²) < 4.78 is 0. The van der Waals surface area contributed by atoms with Gasteiger partial charge in [-0.05, 0) is 24.6 Å². The van der Waals surface area contributed by atoms with Gasteiger partial charge < -0.3 is 10.2 Å². The van der Waals surface area contributed by atoms with Gasteiger partial charge in [-0.2, -0.15) is 0 Å². The Bertz CT molecular complexity index is 583. The summed E-state index contributed by atoms with van der Waals surface area (Å²) in [5, 5.41) is 3.96. The molecule has 3 nitrogen and oxygen atoms in total. The maximum absolute atomic E-state index is 6.08. The van der Waals surface area contributed by atoms with E-state index in [9.17, 15) is 0 Å². The smallest absolute Gasteiger partial charge is 0.134 e. The number of nitrogens with one attached hydrogen (secondary N) is 1. The zero-order valence-corrected chi connectivity index (χ0v) is 14.4. The SMILES string of the molecule is CC.CN=C1NC=C(c2cccc(Cl)c2)/C1=C(/C)N(C)C. The van der Waals surface area contributed by atoms with E-state index in [-0.39, 0.29) is 0 Å². The molecule has 0 unspecified atom stereocenters. The summed E-state index contributed by atoms with van der Waals surface area (Å²) in [5.41, 5.74) is 4.50. The van der Waals surface area contributed by atoms with E-state index in [2.05, 4.69) is 28.2 Å². The molecule has 0 fully saturated rings. The Hall–Kier alpha value is -1.74. The average Bonchev–Trinajstić information content (AvgIpc) is 2.92. The molecule has 1 aliphatic rings. The minimum atomic E-state index is 0.738. The van der Waals surface area contributed by atoms with Crippen LogP contribution in [-0.4, -0.2) is 31.9 Å². The van der Waals surface area contributed by atoms with Crippen LogP contribution in [0.4, 0.5) is 0 Å². The molecule has 4 heteroatoms. The van der Waals surface area contributed by atoms with Crippen molar-refractivity contribution < 1.29 is 0 Å². The first-order valence-electron chi connectivity index (χ1n) is 7.13. The molecule has 0 radical (unpaired) electrons. The van der Waals surface area contributed by atoms with Gasteiger partial charge in [0.1, 0.15) is 5.84 Å². The van der Waals surface area contributed by atoms with Gasteiger partial charge in [0.05, 0.1) is 0 Å². The van der Waals surface area contributed by atoms with E-state index in [0.717, 1.165) is 33.3 Å². The summed E-state index contributed by atoms with van der Waals surface area (Å²) in [7, 11) is 5.85. The van der Waals surface area contributed by atoms with Gasteiger partial charge in [-0.25, -0.2) is 0 Å². The fourth-order valence-corrected chi connectivity index (χ4v) is 2.25. The number of hydrogen-bond acceptors (Lipinski definition) is 2. The van der Waals surface area contributed by atoms with Gasteiger partial charge in [-0.1, -0.05) is 37.6 Å². The number of rotatable bonds is 2. The minimum absolute atomic E-state index is 0.738. The predicted molar refractivity (Wildman–Crippen MR) is 93.7 cm³/mol. The molecule has 0 amide bonds. The van der Waals surface area contributed by atoms with Crippen molar-refractivity contribution in [2.24, 2.45) is 4.99 Å². The number of halogens is 1. The van der Waals surface area contributed by atoms with Crippen LogP contribution in [0.1, 0.15) is 26.3 Å². The van der Waals surface area contributed by atoms with Crippen LogP contribution in [0.5, 0.6) is 0 Å². The quantitative estimate of drug-likeness (QED) is 0.888. The van der Waals surface area contributed by atoms with Crippen molar-refractivity contribution in [1.82, 2.24) is 10.2 Å². The highest BCUT2D eigenvalue weighted by Gasteiger charge is 2.22. The van der Waals surface area contributed by atoms with Crippen LogP contribution >= 0.6 is 11.6 Å². The van der Waals surface area contributed by atoms with E-state index < -0.39 is 0 Å². The van der Waals surface area contributed by atoms with Crippen LogP contribution in [0.25, 0.3) is 5.57 Å². The molecule has 1 aliphatic heterocycles. The van der Waals surface area contributed by atoms with Gasteiger partial charge in [0.25, 0.3) is 0 Å². The normalized spacial score (nSPS) is 17.7. The van der Waals surface area contributed by atoms with Crippen LogP contribution < -0.4 is 5.32 Å². The third kappa shape index (κ3) is 3.88.